The fraction of sp³-hybridized carbons (Fsp3) is 0.250. The second kappa shape index (κ2) is 5.33. The van der Waals surface area contributed by atoms with Crippen molar-refractivity contribution in [3.63, 3.8) is 0 Å². The number of nitrogens with one attached hydrogen (secondary N) is 2. The third kappa shape index (κ3) is 2.72. The number of hydrogen-bond donors (Lipinski definition) is 2. The molecule has 0 spiro atoms. The Labute approximate surface area is 113 Å². The first kappa shape index (κ1) is 12.1. The van der Waals surface area contributed by atoms with E-state index >= 15 is 0 Å². The minimum Gasteiger partial charge on any atom is -0.347 e. The maximum Gasteiger partial charge on any atom is 0.268 e. The topological polar surface area (TPSA) is 80.1 Å². The molecule has 0 fully saturated rings. The molecular weight excluding hydrogens is 264 g/mol. The smallest absolute Gasteiger partial charge is 0.268 e. The van der Waals surface area contributed by atoms with Gasteiger partial charge in [-0.2, -0.15) is 4.98 Å². The molecule has 98 valence electrons. The minimum absolute atomic E-state index is 0.0868. The molecule has 19 heavy (non-hydrogen) atoms. The van der Waals surface area contributed by atoms with Crippen LogP contribution in [0.15, 0.2) is 34.2 Å². The van der Waals surface area contributed by atoms with Gasteiger partial charge in [-0.25, -0.2) is 0 Å². The van der Waals surface area contributed by atoms with Crippen LogP contribution in [-0.2, 0) is 11.3 Å². The SMILES string of the molecule is O=C(NCc1noc(-c2cccs2)n1)C1C=CCN1. The Bertz CT molecular complexity index is 591. The number of nitrogens with zero attached hydrogens (tertiary/aromatic N) is 2. The monoisotopic (exact) mass is 276 g/mol. The van der Waals surface area contributed by atoms with Gasteiger partial charge in [0.25, 0.3) is 5.89 Å². The van der Waals surface area contributed by atoms with E-state index in [9.17, 15) is 4.79 Å². The van der Waals surface area contributed by atoms with Gasteiger partial charge in [0.15, 0.2) is 5.82 Å². The van der Waals surface area contributed by atoms with Gasteiger partial charge in [-0.1, -0.05) is 23.4 Å². The van der Waals surface area contributed by atoms with Crippen molar-refractivity contribution in [2.45, 2.75) is 12.6 Å². The largest absolute Gasteiger partial charge is 0.347 e. The molecule has 2 aromatic heterocycles. The summed E-state index contributed by atoms with van der Waals surface area (Å²) in [5.41, 5.74) is 0. The van der Waals surface area contributed by atoms with Crippen LogP contribution in [0.25, 0.3) is 10.8 Å². The van der Waals surface area contributed by atoms with Crippen LogP contribution >= 0.6 is 11.3 Å². The molecule has 0 saturated heterocycles. The number of amides is 1. The predicted molar refractivity (Wildman–Crippen MR) is 70.4 cm³/mol. The first-order valence-corrected chi connectivity index (χ1v) is 6.75. The summed E-state index contributed by atoms with van der Waals surface area (Å²) in [5.74, 6) is 0.869. The molecule has 2 aromatic rings. The molecule has 0 saturated carbocycles. The third-order valence-corrected chi connectivity index (χ3v) is 3.55. The molecular formula is C12H12N4O2S. The Morgan fingerprint density at radius 3 is 3.32 bits per heavy atom. The van der Waals surface area contributed by atoms with Crippen LogP contribution in [0.1, 0.15) is 5.82 Å². The molecule has 6 nitrogen and oxygen atoms in total. The lowest BCUT2D eigenvalue weighted by Gasteiger charge is -2.08. The Morgan fingerprint density at radius 1 is 1.63 bits per heavy atom. The van der Waals surface area contributed by atoms with Gasteiger partial charge in [-0.05, 0) is 11.4 Å². The number of carbonyl (C=O) groups excluding carboxylic acids is 1. The standard InChI is InChI=1S/C12H12N4O2S/c17-11(8-3-1-5-13-8)14-7-10-15-12(18-16-10)9-4-2-6-19-9/h1-4,6,8,13H,5,7H2,(H,14,17). The first-order valence-electron chi connectivity index (χ1n) is 5.87. The third-order valence-electron chi connectivity index (χ3n) is 2.69. The highest BCUT2D eigenvalue weighted by Crippen LogP contribution is 2.22. The number of thiophene rings is 1. The van der Waals surface area contributed by atoms with Crippen molar-refractivity contribution >= 4 is 17.2 Å². The van der Waals surface area contributed by atoms with E-state index in [0.717, 1.165) is 11.4 Å². The lowest BCUT2D eigenvalue weighted by Crippen LogP contribution is -2.40. The molecule has 3 rings (SSSR count). The van der Waals surface area contributed by atoms with Crippen molar-refractivity contribution < 1.29 is 9.32 Å². The van der Waals surface area contributed by atoms with Crippen molar-refractivity contribution in [2.24, 2.45) is 0 Å². The van der Waals surface area contributed by atoms with Gasteiger partial charge in [0.1, 0.15) is 6.04 Å². The Hall–Kier alpha value is -1.99. The van der Waals surface area contributed by atoms with E-state index in [1.807, 2.05) is 29.7 Å². The zero-order valence-corrected chi connectivity index (χ0v) is 10.8. The average molecular weight is 276 g/mol. The summed E-state index contributed by atoms with van der Waals surface area (Å²) < 4.78 is 5.14. The van der Waals surface area contributed by atoms with E-state index < -0.39 is 0 Å². The Balaban J connectivity index is 1.58. The highest BCUT2D eigenvalue weighted by molar-refractivity contribution is 7.13. The molecule has 1 atom stereocenters. The second-order valence-corrected chi connectivity index (χ2v) is 4.97. The number of aromatic nitrogens is 2. The van der Waals surface area contributed by atoms with Crippen molar-refractivity contribution in [1.29, 1.82) is 0 Å². The van der Waals surface area contributed by atoms with Gasteiger partial charge < -0.3 is 9.84 Å². The van der Waals surface area contributed by atoms with Crippen LogP contribution in [0.5, 0.6) is 0 Å². The summed E-state index contributed by atoms with van der Waals surface area (Å²) in [6.45, 7) is 0.989. The normalized spacial score (nSPS) is 17.8. The summed E-state index contributed by atoms with van der Waals surface area (Å²) in [6.07, 6.45) is 3.76. The number of carbonyl (C=O) groups is 1. The summed E-state index contributed by atoms with van der Waals surface area (Å²) in [4.78, 5) is 16.9. The van der Waals surface area contributed by atoms with E-state index in [4.69, 9.17) is 4.52 Å². The fourth-order valence-electron chi connectivity index (χ4n) is 1.75. The van der Waals surface area contributed by atoms with E-state index in [0.29, 0.717) is 11.7 Å². The maximum atomic E-state index is 11.7. The van der Waals surface area contributed by atoms with E-state index in [1.54, 1.807) is 0 Å². The van der Waals surface area contributed by atoms with Gasteiger partial charge in [0, 0.05) is 6.54 Å². The van der Waals surface area contributed by atoms with Gasteiger partial charge in [0.05, 0.1) is 11.4 Å². The van der Waals surface area contributed by atoms with Crippen LogP contribution in [0.2, 0.25) is 0 Å². The first-order chi connectivity index (χ1) is 9.33. The Kier molecular flexibility index (Phi) is 3.39. The lowest BCUT2D eigenvalue weighted by atomic mass is 10.3. The second-order valence-electron chi connectivity index (χ2n) is 4.02. The molecule has 0 bridgehead atoms. The zero-order valence-electron chi connectivity index (χ0n) is 10.00. The van der Waals surface area contributed by atoms with Gasteiger partial charge in [-0.3, -0.25) is 10.1 Å². The Morgan fingerprint density at radius 2 is 2.58 bits per heavy atom. The fourth-order valence-corrected chi connectivity index (χ4v) is 2.39. The van der Waals surface area contributed by atoms with Crippen molar-refractivity contribution in [1.82, 2.24) is 20.8 Å². The molecule has 1 aliphatic rings. The van der Waals surface area contributed by atoms with Gasteiger partial charge in [-0.15, -0.1) is 11.3 Å². The lowest BCUT2D eigenvalue weighted by molar-refractivity contribution is -0.122. The van der Waals surface area contributed by atoms with Crippen LogP contribution in [0.4, 0.5) is 0 Å². The van der Waals surface area contributed by atoms with E-state index in [1.165, 1.54) is 11.3 Å². The van der Waals surface area contributed by atoms with Crippen molar-refractivity contribution in [3.8, 4) is 10.8 Å². The van der Waals surface area contributed by atoms with Crippen LogP contribution < -0.4 is 10.6 Å². The van der Waals surface area contributed by atoms with Gasteiger partial charge >= 0.3 is 0 Å². The maximum absolute atomic E-state index is 11.7. The molecule has 0 aromatic carbocycles. The minimum atomic E-state index is -0.260. The number of rotatable bonds is 4. The molecule has 0 aliphatic carbocycles. The summed E-state index contributed by atoms with van der Waals surface area (Å²) in [7, 11) is 0. The highest BCUT2D eigenvalue weighted by Gasteiger charge is 2.18. The molecule has 2 N–H and O–H groups in total. The van der Waals surface area contributed by atoms with E-state index in [2.05, 4.69) is 20.8 Å². The highest BCUT2D eigenvalue weighted by atomic mass is 32.1. The summed E-state index contributed by atoms with van der Waals surface area (Å²) >= 11 is 1.53. The zero-order chi connectivity index (χ0) is 13.1. The van der Waals surface area contributed by atoms with Crippen molar-refractivity contribution in [3.05, 3.63) is 35.5 Å². The van der Waals surface area contributed by atoms with Crippen LogP contribution in [0.3, 0.4) is 0 Å². The van der Waals surface area contributed by atoms with E-state index in [-0.39, 0.29) is 18.5 Å². The van der Waals surface area contributed by atoms with Crippen LogP contribution in [-0.4, -0.2) is 28.6 Å². The molecule has 1 amide bonds. The molecule has 7 heteroatoms. The molecule has 0 radical (unpaired) electrons. The number of hydrogen-bond acceptors (Lipinski definition) is 6. The van der Waals surface area contributed by atoms with Crippen molar-refractivity contribution in [2.75, 3.05) is 6.54 Å². The summed E-state index contributed by atoms with van der Waals surface area (Å²) in [6, 6.07) is 3.57. The molecule has 1 aliphatic heterocycles. The summed E-state index contributed by atoms with van der Waals surface area (Å²) in [5, 5.41) is 11.6. The average Bonchev–Trinajstić information content (AvgIpc) is 3.14. The predicted octanol–water partition coefficient (Wildman–Crippen LogP) is 0.942. The quantitative estimate of drug-likeness (QED) is 0.812. The van der Waals surface area contributed by atoms with Crippen LogP contribution in [0, 0.1) is 0 Å². The van der Waals surface area contributed by atoms with Gasteiger partial charge in [0.2, 0.25) is 5.91 Å². The molecule has 3 heterocycles. The molecule has 1 unspecified atom stereocenters.